The Morgan fingerprint density at radius 2 is 2.41 bits per heavy atom. The van der Waals surface area contributed by atoms with Gasteiger partial charge < -0.3 is 15.8 Å². The van der Waals surface area contributed by atoms with Crippen molar-refractivity contribution in [1.82, 2.24) is 14.7 Å². The molecule has 1 heterocycles. The van der Waals surface area contributed by atoms with Crippen LogP contribution in [0.5, 0.6) is 0 Å². The highest BCUT2D eigenvalue weighted by molar-refractivity contribution is 5.92. The van der Waals surface area contributed by atoms with Crippen LogP contribution in [-0.2, 0) is 7.05 Å². The Morgan fingerprint density at radius 3 is 2.88 bits per heavy atom. The third-order valence-electron chi connectivity index (χ3n) is 2.45. The summed E-state index contributed by atoms with van der Waals surface area (Å²) < 4.78 is 1.56. The van der Waals surface area contributed by atoms with E-state index in [1.54, 1.807) is 38.0 Å². The van der Waals surface area contributed by atoms with Gasteiger partial charge in [-0.25, -0.2) is 0 Å². The van der Waals surface area contributed by atoms with Gasteiger partial charge in [0, 0.05) is 32.8 Å². The predicted octanol–water partition coefficient (Wildman–Crippen LogP) is -0.125. The van der Waals surface area contributed by atoms with E-state index in [2.05, 4.69) is 10.3 Å². The summed E-state index contributed by atoms with van der Waals surface area (Å²) in [6, 6.07) is 1.65. The first-order valence-corrected chi connectivity index (χ1v) is 5.18. The first-order chi connectivity index (χ1) is 7.95. The highest BCUT2D eigenvalue weighted by Crippen LogP contribution is 2.04. The van der Waals surface area contributed by atoms with Crippen molar-refractivity contribution in [3.8, 4) is 0 Å². The van der Waals surface area contributed by atoms with Gasteiger partial charge in [0.15, 0.2) is 0 Å². The van der Waals surface area contributed by atoms with Crippen LogP contribution in [-0.4, -0.2) is 45.2 Å². The van der Waals surface area contributed by atoms with Crippen molar-refractivity contribution in [1.29, 1.82) is 0 Å². The Balaban J connectivity index is 2.65. The fraction of sp³-hybridized carbons (Fsp3) is 0.500. The van der Waals surface area contributed by atoms with E-state index < -0.39 is 0 Å². The molecule has 7 heteroatoms. The van der Waals surface area contributed by atoms with E-state index in [0.29, 0.717) is 12.2 Å². The van der Waals surface area contributed by atoms with Gasteiger partial charge in [-0.15, -0.1) is 0 Å². The second-order valence-electron chi connectivity index (χ2n) is 3.99. The Kier molecular flexibility index (Phi) is 4.08. The molecule has 1 amide bonds. The molecule has 0 aliphatic heterocycles. The molecule has 1 unspecified atom stereocenters. The summed E-state index contributed by atoms with van der Waals surface area (Å²) in [6.45, 7) is 2.14. The van der Waals surface area contributed by atoms with Crippen LogP contribution in [0.2, 0.25) is 0 Å². The number of hydrogen-bond donors (Lipinski definition) is 2. The minimum atomic E-state index is -0.210. The molecule has 1 atom stereocenters. The molecule has 17 heavy (non-hydrogen) atoms. The standard InChI is InChI=1S/C10H17N5O2/c1-7(9(11)13-17)6-14(2)10(16)8-4-5-15(3)12-8/h4-5,7,17H,6H2,1-3H3,(H2,11,13). The summed E-state index contributed by atoms with van der Waals surface area (Å²) in [5, 5.41) is 15.5. The van der Waals surface area contributed by atoms with Gasteiger partial charge >= 0.3 is 0 Å². The fourth-order valence-corrected chi connectivity index (χ4v) is 1.41. The molecular weight excluding hydrogens is 222 g/mol. The van der Waals surface area contributed by atoms with Crippen molar-refractivity contribution in [2.75, 3.05) is 13.6 Å². The number of aryl methyl sites for hydroxylation is 1. The third kappa shape index (κ3) is 3.20. The van der Waals surface area contributed by atoms with Gasteiger partial charge in [0.2, 0.25) is 0 Å². The second-order valence-corrected chi connectivity index (χ2v) is 3.99. The number of amides is 1. The second kappa shape index (κ2) is 5.33. The van der Waals surface area contributed by atoms with Crippen LogP contribution in [0.3, 0.4) is 0 Å². The molecule has 0 spiro atoms. The topological polar surface area (TPSA) is 96.7 Å². The van der Waals surface area contributed by atoms with Crippen LogP contribution in [0.4, 0.5) is 0 Å². The number of hydrogen-bond acceptors (Lipinski definition) is 4. The van der Waals surface area contributed by atoms with E-state index in [9.17, 15) is 4.79 Å². The lowest BCUT2D eigenvalue weighted by atomic mass is 10.1. The number of aromatic nitrogens is 2. The number of nitrogens with zero attached hydrogens (tertiary/aromatic N) is 4. The molecule has 7 nitrogen and oxygen atoms in total. The lowest BCUT2D eigenvalue weighted by Gasteiger charge is -2.19. The lowest BCUT2D eigenvalue weighted by Crippen LogP contribution is -2.36. The molecule has 0 radical (unpaired) electrons. The summed E-state index contributed by atoms with van der Waals surface area (Å²) in [6.07, 6.45) is 1.70. The van der Waals surface area contributed by atoms with E-state index in [0.717, 1.165) is 0 Å². The van der Waals surface area contributed by atoms with E-state index in [4.69, 9.17) is 10.9 Å². The maximum atomic E-state index is 11.9. The maximum Gasteiger partial charge on any atom is 0.274 e. The third-order valence-corrected chi connectivity index (χ3v) is 2.45. The number of nitrogens with two attached hydrogens (primary N) is 1. The average molecular weight is 239 g/mol. The fourth-order valence-electron chi connectivity index (χ4n) is 1.41. The monoisotopic (exact) mass is 239 g/mol. The summed E-state index contributed by atoms with van der Waals surface area (Å²) in [5.41, 5.74) is 5.83. The number of oxime groups is 1. The molecule has 1 aromatic heterocycles. The molecule has 1 aromatic rings. The Morgan fingerprint density at radius 1 is 1.76 bits per heavy atom. The summed E-state index contributed by atoms with van der Waals surface area (Å²) in [4.78, 5) is 13.4. The number of amidine groups is 1. The maximum absolute atomic E-state index is 11.9. The van der Waals surface area contributed by atoms with Crippen molar-refractivity contribution in [3.05, 3.63) is 18.0 Å². The number of rotatable bonds is 4. The van der Waals surface area contributed by atoms with E-state index >= 15 is 0 Å². The van der Waals surface area contributed by atoms with Crippen molar-refractivity contribution >= 4 is 11.7 Å². The van der Waals surface area contributed by atoms with E-state index in [-0.39, 0.29) is 17.7 Å². The lowest BCUT2D eigenvalue weighted by molar-refractivity contribution is 0.0779. The normalized spacial score (nSPS) is 13.5. The molecule has 0 saturated heterocycles. The molecular formula is C10H17N5O2. The van der Waals surface area contributed by atoms with Crippen LogP contribution in [0.15, 0.2) is 17.4 Å². The van der Waals surface area contributed by atoms with Gasteiger partial charge in [0.05, 0.1) is 0 Å². The van der Waals surface area contributed by atoms with Crippen LogP contribution >= 0.6 is 0 Å². The molecule has 0 fully saturated rings. The molecule has 0 aromatic carbocycles. The van der Waals surface area contributed by atoms with Crippen molar-refractivity contribution in [3.63, 3.8) is 0 Å². The van der Waals surface area contributed by atoms with Crippen molar-refractivity contribution in [2.24, 2.45) is 23.9 Å². The quantitative estimate of drug-likeness (QED) is 0.331. The smallest absolute Gasteiger partial charge is 0.274 e. The summed E-state index contributed by atoms with van der Waals surface area (Å²) >= 11 is 0. The van der Waals surface area contributed by atoms with Crippen molar-refractivity contribution < 1.29 is 10.0 Å². The first-order valence-electron chi connectivity index (χ1n) is 5.18. The van der Waals surface area contributed by atoms with E-state index in [1.807, 2.05) is 0 Å². The van der Waals surface area contributed by atoms with Gasteiger partial charge in [0.1, 0.15) is 11.5 Å². The molecule has 0 saturated carbocycles. The molecule has 1 rings (SSSR count). The highest BCUT2D eigenvalue weighted by atomic mass is 16.4. The Bertz CT molecular complexity index is 426. The minimum Gasteiger partial charge on any atom is -0.409 e. The SMILES string of the molecule is CC(CN(C)C(=O)c1ccn(C)n1)/C(N)=N/O. The first kappa shape index (κ1) is 13.0. The van der Waals surface area contributed by atoms with Crippen LogP contribution in [0, 0.1) is 5.92 Å². The predicted molar refractivity (Wildman–Crippen MR) is 62.7 cm³/mol. The molecule has 0 aliphatic rings. The van der Waals surface area contributed by atoms with Crippen LogP contribution < -0.4 is 5.73 Å². The molecule has 3 N–H and O–H groups in total. The van der Waals surface area contributed by atoms with Crippen molar-refractivity contribution in [2.45, 2.75) is 6.92 Å². The van der Waals surface area contributed by atoms with E-state index in [1.165, 1.54) is 4.90 Å². The average Bonchev–Trinajstić information content (AvgIpc) is 2.73. The van der Waals surface area contributed by atoms with Gasteiger partial charge in [0.25, 0.3) is 5.91 Å². The van der Waals surface area contributed by atoms with Gasteiger partial charge in [-0.3, -0.25) is 9.48 Å². The molecule has 94 valence electrons. The largest absolute Gasteiger partial charge is 0.409 e. The minimum absolute atomic E-state index is 0.102. The zero-order chi connectivity index (χ0) is 13.0. The Labute approximate surface area is 99.5 Å². The number of carbonyl (C=O) groups excluding carboxylic acids is 1. The summed E-state index contributed by atoms with van der Waals surface area (Å²) in [7, 11) is 3.40. The zero-order valence-electron chi connectivity index (χ0n) is 10.2. The van der Waals surface area contributed by atoms with Crippen LogP contribution in [0.25, 0.3) is 0 Å². The Hall–Kier alpha value is -2.05. The van der Waals surface area contributed by atoms with Gasteiger partial charge in [-0.05, 0) is 6.07 Å². The van der Waals surface area contributed by atoms with Crippen LogP contribution in [0.1, 0.15) is 17.4 Å². The zero-order valence-corrected chi connectivity index (χ0v) is 10.2. The number of carbonyl (C=O) groups is 1. The van der Waals surface area contributed by atoms with Gasteiger partial charge in [-0.2, -0.15) is 5.10 Å². The summed E-state index contributed by atoms with van der Waals surface area (Å²) in [5.74, 6) is -0.300. The molecule has 0 aliphatic carbocycles. The molecule has 0 bridgehead atoms. The van der Waals surface area contributed by atoms with Gasteiger partial charge in [-0.1, -0.05) is 12.1 Å². The highest BCUT2D eigenvalue weighted by Gasteiger charge is 2.18.